The van der Waals surface area contributed by atoms with Gasteiger partial charge in [0.2, 0.25) is 15.9 Å². The summed E-state index contributed by atoms with van der Waals surface area (Å²) >= 11 is 5.79. The van der Waals surface area contributed by atoms with Crippen molar-refractivity contribution in [2.75, 3.05) is 6.54 Å². The molecule has 0 radical (unpaired) electrons. The van der Waals surface area contributed by atoms with Crippen molar-refractivity contribution in [3.63, 3.8) is 0 Å². The fourth-order valence-corrected chi connectivity index (χ4v) is 3.44. The van der Waals surface area contributed by atoms with Gasteiger partial charge in [0.25, 0.3) is 0 Å². The zero-order valence-corrected chi connectivity index (χ0v) is 14.8. The first-order valence-electron chi connectivity index (χ1n) is 7.45. The van der Waals surface area contributed by atoms with E-state index in [2.05, 4.69) is 10.0 Å². The van der Waals surface area contributed by atoms with Gasteiger partial charge in [0.1, 0.15) is 0 Å². The maximum absolute atomic E-state index is 12.1. The zero-order chi connectivity index (χ0) is 17.6. The molecule has 0 atom stereocenters. The maximum Gasteiger partial charge on any atom is 0.240 e. The van der Waals surface area contributed by atoms with Crippen LogP contribution in [0.2, 0.25) is 5.02 Å². The van der Waals surface area contributed by atoms with Crippen LogP contribution < -0.4 is 10.0 Å². The molecule has 2 N–H and O–H groups in total. The van der Waals surface area contributed by atoms with Crippen molar-refractivity contribution in [2.45, 2.75) is 24.8 Å². The van der Waals surface area contributed by atoms with E-state index in [0.717, 1.165) is 11.1 Å². The normalized spacial score (nSPS) is 11.2. The average Bonchev–Trinajstić information content (AvgIpc) is 2.54. The molecule has 2 aromatic rings. The highest BCUT2D eigenvalue weighted by Crippen LogP contribution is 2.15. The van der Waals surface area contributed by atoms with E-state index in [0.29, 0.717) is 11.6 Å². The van der Waals surface area contributed by atoms with Gasteiger partial charge in [-0.05, 0) is 36.2 Å². The van der Waals surface area contributed by atoms with Gasteiger partial charge in [-0.25, -0.2) is 13.1 Å². The number of carbonyl (C=O) groups is 1. The van der Waals surface area contributed by atoms with E-state index in [4.69, 9.17) is 11.6 Å². The predicted octanol–water partition coefficient (Wildman–Crippen LogP) is 2.63. The number of halogens is 1. The summed E-state index contributed by atoms with van der Waals surface area (Å²) in [5, 5.41) is 3.12. The molecule has 24 heavy (non-hydrogen) atoms. The molecule has 0 unspecified atom stereocenters. The molecule has 0 heterocycles. The van der Waals surface area contributed by atoms with E-state index >= 15 is 0 Å². The van der Waals surface area contributed by atoms with E-state index in [1.165, 1.54) is 12.1 Å². The van der Waals surface area contributed by atoms with E-state index in [-0.39, 0.29) is 23.8 Å². The first-order chi connectivity index (χ1) is 11.4. The SMILES string of the molecule is Cc1ccccc1CNC(=O)CCNS(=O)(=O)c1cccc(Cl)c1. The van der Waals surface area contributed by atoms with E-state index in [1.54, 1.807) is 12.1 Å². The van der Waals surface area contributed by atoms with Crippen LogP contribution in [-0.4, -0.2) is 20.9 Å². The minimum atomic E-state index is -3.67. The smallest absolute Gasteiger partial charge is 0.240 e. The molecule has 2 aromatic carbocycles. The summed E-state index contributed by atoms with van der Waals surface area (Å²) in [6, 6.07) is 13.7. The molecule has 128 valence electrons. The summed E-state index contributed by atoms with van der Waals surface area (Å²) < 4.78 is 26.6. The van der Waals surface area contributed by atoms with Gasteiger partial charge < -0.3 is 5.32 Å². The molecule has 0 bridgehead atoms. The molecule has 0 aromatic heterocycles. The number of rotatable bonds is 7. The highest BCUT2D eigenvalue weighted by atomic mass is 35.5. The molecule has 0 aliphatic rings. The highest BCUT2D eigenvalue weighted by Gasteiger charge is 2.14. The summed E-state index contributed by atoms with van der Waals surface area (Å²) in [6.45, 7) is 2.42. The van der Waals surface area contributed by atoms with Gasteiger partial charge in [0.15, 0.2) is 0 Å². The zero-order valence-electron chi connectivity index (χ0n) is 13.3. The van der Waals surface area contributed by atoms with Gasteiger partial charge in [-0.1, -0.05) is 41.9 Å². The number of aryl methyl sites for hydroxylation is 1. The van der Waals surface area contributed by atoms with Crippen molar-refractivity contribution in [1.29, 1.82) is 0 Å². The van der Waals surface area contributed by atoms with Crippen molar-refractivity contribution in [2.24, 2.45) is 0 Å². The number of hydrogen-bond acceptors (Lipinski definition) is 3. The second kappa shape index (κ2) is 8.28. The van der Waals surface area contributed by atoms with Crippen LogP contribution in [-0.2, 0) is 21.4 Å². The van der Waals surface area contributed by atoms with Gasteiger partial charge in [-0.3, -0.25) is 4.79 Å². The molecule has 5 nitrogen and oxygen atoms in total. The molecular weight excluding hydrogens is 348 g/mol. The van der Waals surface area contributed by atoms with Gasteiger partial charge in [-0.15, -0.1) is 0 Å². The predicted molar refractivity (Wildman–Crippen MR) is 94.3 cm³/mol. The molecule has 0 aliphatic heterocycles. The van der Waals surface area contributed by atoms with E-state index in [9.17, 15) is 13.2 Å². The van der Waals surface area contributed by atoms with Crippen LogP contribution in [0, 0.1) is 6.92 Å². The Labute approximate surface area is 147 Å². The van der Waals surface area contributed by atoms with Crippen molar-refractivity contribution >= 4 is 27.5 Å². The van der Waals surface area contributed by atoms with Crippen LogP contribution in [0.1, 0.15) is 17.5 Å². The summed E-state index contributed by atoms with van der Waals surface area (Å²) in [5.74, 6) is -0.216. The van der Waals surface area contributed by atoms with Crippen molar-refractivity contribution in [3.8, 4) is 0 Å². The fourth-order valence-electron chi connectivity index (χ4n) is 2.11. The highest BCUT2D eigenvalue weighted by molar-refractivity contribution is 7.89. The summed E-state index contributed by atoms with van der Waals surface area (Å²) in [5.41, 5.74) is 2.13. The number of benzene rings is 2. The lowest BCUT2D eigenvalue weighted by Crippen LogP contribution is -2.30. The second-order valence-corrected chi connectivity index (χ2v) is 7.51. The fraction of sp³-hybridized carbons (Fsp3) is 0.235. The van der Waals surface area contributed by atoms with E-state index in [1.807, 2.05) is 31.2 Å². The first-order valence-corrected chi connectivity index (χ1v) is 9.31. The average molecular weight is 367 g/mol. The minimum absolute atomic E-state index is 0.0223. The molecule has 0 saturated carbocycles. The molecule has 0 saturated heterocycles. The summed E-state index contributed by atoms with van der Waals surface area (Å²) in [7, 11) is -3.67. The molecule has 7 heteroatoms. The largest absolute Gasteiger partial charge is 0.352 e. The quantitative estimate of drug-likeness (QED) is 0.791. The lowest BCUT2D eigenvalue weighted by atomic mass is 10.1. The first kappa shape index (κ1) is 18.4. The van der Waals surface area contributed by atoms with E-state index < -0.39 is 10.0 Å². The Kier molecular flexibility index (Phi) is 6.36. The van der Waals surface area contributed by atoms with Crippen molar-refractivity contribution < 1.29 is 13.2 Å². The number of amides is 1. The van der Waals surface area contributed by atoms with Gasteiger partial charge >= 0.3 is 0 Å². The van der Waals surface area contributed by atoms with Crippen LogP contribution in [0.15, 0.2) is 53.4 Å². The third-order valence-electron chi connectivity index (χ3n) is 3.49. The number of carbonyl (C=O) groups excluding carboxylic acids is 1. The Bertz CT molecular complexity index is 822. The molecule has 0 aliphatic carbocycles. The van der Waals surface area contributed by atoms with Crippen LogP contribution in [0.3, 0.4) is 0 Å². The molecule has 2 rings (SSSR count). The van der Waals surface area contributed by atoms with Gasteiger partial charge in [0.05, 0.1) is 4.90 Å². The lowest BCUT2D eigenvalue weighted by Gasteiger charge is -2.09. The number of sulfonamides is 1. The third kappa shape index (κ3) is 5.33. The Morgan fingerprint density at radius 2 is 1.88 bits per heavy atom. The number of hydrogen-bond donors (Lipinski definition) is 2. The van der Waals surface area contributed by atoms with Gasteiger partial charge in [-0.2, -0.15) is 0 Å². The molecule has 1 amide bonds. The van der Waals surface area contributed by atoms with Crippen LogP contribution >= 0.6 is 11.6 Å². The monoisotopic (exact) mass is 366 g/mol. The summed E-state index contributed by atoms with van der Waals surface area (Å²) in [6.07, 6.45) is 0.0612. The van der Waals surface area contributed by atoms with Crippen LogP contribution in [0.5, 0.6) is 0 Å². The van der Waals surface area contributed by atoms with Crippen LogP contribution in [0.4, 0.5) is 0 Å². The molecule has 0 spiro atoms. The van der Waals surface area contributed by atoms with Gasteiger partial charge in [0, 0.05) is 24.5 Å². The topological polar surface area (TPSA) is 75.3 Å². The second-order valence-electron chi connectivity index (χ2n) is 5.31. The minimum Gasteiger partial charge on any atom is -0.352 e. The third-order valence-corrected chi connectivity index (χ3v) is 5.18. The Morgan fingerprint density at radius 3 is 2.58 bits per heavy atom. The Hall–Kier alpha value is -1.89. The lowest BCUT2D eigenvalue weighted by molar-refractivity contribution is -0.121. The molecule has 0 fully saturated rings. The molecular formula is C17H19ClN2O3S. The van der Waals surface area contributed by atoms with Crippen molar-refractivity contribution in [1.82, 2.24) is 10.0 Å². The summed E-state index contributed by atoms with van der Waals surface area (Å²) in [4.78, 5) is 11.9. The van der Waals surface area contributed by atoms with Crippen LogP contribution in [0.25, 0.3) is 0 Å². The Morgan fingerprint density at radius 1 is 1.12 bits per heavy atom. The number of nitrogens with one attached hydrogen (secondary N) is 2. The standard InChI is InChI=1S/C17H19ClN2O3S/c1-13-5-2-3-6-14(13)12-19-17(21)9-10-20-24(22,23)16-8-4-7-15(18)11-16/h2-8,11,20H,9-10,12H2,1H3,(H,19,21). The van der Waals surface area contributed by atoms with Crippen molar-refractivity contribution in [3.05, 3.63) is 64.7 Å². The maximum atomic E-state index is 12.1. The Balaban J connectivity index is 1.81.